The second-order valence-corrected chi connectivity index (χ2v) is 7.01. The van der Waals surface area contributed by atoms with Crippen LogP contribution in [0.25, 0.3) is 0 Å². The normalized spacial score (nSPS) is 15.7. The van der Waals surface area contributed by atoms with E-state index < -0.39 is 0 Å². The Bertz CT molecular complexity index is 748. The Kier molecular flexibility index (Phi) is 5.91. The number of aryl methyl sites for hydroxylation is 2. The van der Waals surface area contributed by atoms with E-state index in [1.165, 1.54) is 5.56 Å². The van der Waals surface area contributed by atoms with Gasteiger partial charge in [-0.25, -0.2) is 4.39 Å². The van der Waals surface area contributed by atoms with Gasteiger partial charge in [-0.2, -0.15) is 5.10 Å². The highest BCUT2D eigenvalue weighted by atomic mass is 19.1. The maximum atomic E-state index is 14.1. The van der Waals surface area contributed by atoms with Crippen molar-refractivity contribution < 1.29 is 4.39 Å². The zero-order valence-corrected chi connectivity index (χ0v) is 15.6. The van der Waals surface area contributed by atoms with Gasteiger partial charge in [0.2, 0.25) is 0 Å². The first-order valence-corrected chi connectivity index (χ1v) is 9.38. The standard InChI is InChI=1S/C20H28FN5/c1-3-22-19(23-12-6-7-16-13-25-26(2)14-16)24-15-20(10-11-20)17-8-4-5-9-18(17)21/h4-5,8-9,13-14H,3,6-7,10-12,15H2,1-2H3,(H2,22,23,24). The molecule has 1 heterocycles. The van der Waals surface area contributed by atoms with E-state index in [-0.39, 0.29) is 11.2 Å². The fourth-order valence-corrected chi connectivity index (χ4v) is 3.23. The Hall–Kier alpha value is -2.37. The Morgan fingerprint density at radius 1 is 1.31 bits per heavy atom. The summed E-state index contributed by atoms with van der Waals surface area (Å²) in [6.45, 7) is 4.32. The molecule has 1 aliphatic carbocycles. The Balaban J connectivity index is 1.53. The van der Waals surface area contributed by atoms with Crippen LogP contribution in [0.4, 0.5) is 4.39 Å². The number of rotatable bonds is 8. The molecule has 0 radical (unpaired) electrons. The fourth-order valence-electron chi connectivity index (χ4n) is 3.23. The van der Waals surface area contributed by atoms with Crippen LogP contribution in [0.15, 0.2) is 41.7 Å². The predicted octanol–water partition coefficient (Wildman–Crippen LogP) is 2.78. The van der Waals surface area contributed by atoms with Crippen LogP contribution in [0.5, 0.6) is 0 Å². The summed E-state index contributed by atoms with van der Waals surface area (Å²) < 4.78 is 15.9. The van der Waals surface area contributed by atoms with Gasteiger partial charge in [-0.3, -0.25) is 9.67 Å². The number of nitrogens with one attached hydrogen (secondary N) is 2. The first-order valence-electron chi connectivity index (χ1n) is 9.38. The van der Waals surface area contributed by atoms with Gasteiger partial charge in [0.05, 0.1) is 12.7 Å². The minimum absolute atomic E-state index is 0.116. The highest BCUT2D eigenvalue weighted by Gasteiger charge is 2.45. The van der Waals surface area contributed by atoms with Crippen LogP contribution in [0.3, 0.4) is 0 Å². The van der Waals surface area contributed by atoms with E-state index in [0.717, 1.165) is 50.3 Å². The first-order chi connectivity index (χ1) is 12.6. The maximum Gasteiger partial charge on any atom is 0.191 e. The number of nitrogens with zero attached hydrogens (tertiary/aromatic N) is 3. The van der Waals surface area contributed by atoms with Crippen molar-refractivity contribution in [2.75, 3.05) is 19.6 Å². The second kappa shape index (κ2) is 8.34. The lowest BCUT2D eigenvalue weighted by atomic mass is 9.95. The van der Waals surface area contributed by atoms with Crippen molar-refractivity contribution in [3.8, 4) is 0 Å². The third-order valence-corrected chi connectivity index (χ3v) is 4.88. The minimum atomic E-state index is -0.122. The molecule has 0 amide bonds. The molecule has 0 atom stereocenters. The van der Waals surface area contributed by atoms with E-state index >= 15 is 0 Å². The molecule has 3 rings (SSSR count). The lowest BCUT2D eigenvalue weighted by Crippen LogP contribution is -2.38. The average Bonchev–Trinajstić information content (AvgIpc) is 3.31. The lowest BCUT2D eigenvalue weighted by Gasteiger charge is -2.16. The number of halogens is 1. The fraction of sp³-hybridized carbons (Fsp3) is 0.500. The molecule has 1 aromatic heterocycles. The molecule has 0 unspecified atom stereocenters. The second-order valence-electron chi connectivity index (χ2n) is 7.01. The van der Waals surface area contributed by atoms with Gasteiger partial charge in [0.15, 0.2) is 5.96 Å². The van der Waals surface area contributed by atoms with Gasteiger partial charge in [0, 0.05) is 31.7 Å². The van der Waals surface area contributed by atoms with Crippen molar-refractivity contribution in [2.24, 2.45) is 12.0 Å². The first kappa shape index (κ1) is 18.4. The summed E-state index contributed by atoms with van der Waals surface area (Å²) in [5.41, 5.74) is 1.92. The molecule has 2 aromatic rings. The van der Waals surface area contributed by atoms with Crippen LogP contribution < -0.4 is 10.6 Å². The summed E-state index contributed by atoms with van der Waals surface area (Å²) in [6.07, 6.45) is 7.94. The van der Waals surface area contributed by atoms with E-state index in [1.807, 2.05) is 36.3 Å². The van der Waals surface area contributed by atoms with Gasteiger partial charge >= 0.3 is 0 Å². The number of guanidine groups is 1. The third-order valence-electron chi connectivity index (χ3n) is 4.88. The molecule has 0 bridgehead atoms. The smallest absolute Gasteiger partial charge is 0.191 e. The summed E-state index contributed by atoms with van der Waals surface area (Å²) in [7, 11) is 1.93. The lowest BCUT2D eigenvalue weighted by molar-refractivity contribution is 0.572. The maximum absolute atomic E-state index is 14.1. The zero-order valence-electron chi connectivity index (χ0n) is 15.6. The number of benzene rings is 1. The molecule has 26 heavy (non-hydrogen) atoms. The van der Waals surface area contributed by atoms with Crippen LogP contribution in [0.1, 0.15) is 37.3 Å². The van der Waals surface area contributed by atoms with Crippen molar-refractivity contribution in [3.63, 3.8) is 0 Å². The Morgan fingerprint density at radius 2 is 2.12 bits per heavy atom. The molecule has 1 fully saturated rings. The highest BCUT2D eigenvalue weighted by molar-refractivity contribution is 5.79. The minimum Gasteiger partial charge on any atom is -0.357 e. The van der Waals surface area contributed by atoms with Crippen molar-refractivity contribution >= 4 is 5.96 Å². The van der Waals surface area contributed by atoms with E-state index in [4.69, 9.17) is 4.99 Å². The summed E-state index contributed by atoms with van der Waals surface area (Å²) in [5, 5.41) is 10.9. The molecule has 5 nitrogen and oxygen atoms in total. The number of aliphatic imine (C=N–C) groups is 1. The van der Waals surface area contributed by atoms with Crippen molar-refractivity contribution in [1.29, 1.82) is 0 Å². The SMILES string of the molecule is CCNC(=NCC1(c2ccccc2F)CC1)NCCCc1cnn(C)c1. The van der Waals surface area contributed by atoms with Gasteiger partial charge in [0.1, 0.15) is 5.82 Å². The predicted molar refractivity (Wildman–Crippen MR) is 103 cm³/mol. The van der Waals surface area contributed by atoms with Gasteiger partial charge in [-0.1, -0.05) is 18.2 Å². The molecule has 140 valence electrons. The van der Waals surface area contributed by atoms with Crippen molar-refractivity contribution in [1.82, 2.24) is 20.4 Å². The summed E-state index contributed by atoms with van der Waals surface area (Å²) in [5.74, 6) is 0.691. The van der Waals surface area contributed by atoms with Gasteiger partial charge < -0.3 is 10.6 Å². The van der Waals surface area contributed by atoms with Crippen molar-refractivity contribution in [2.45, 2.75) is 38.0 Å². The molecular formula is C20H28FN5. The molecule has 2 N–H and O–H groups in total. The molecule has 0 saturated heterocycles. The quantitative estimate of drug-likeness (QED) is 0.434. The van der Waals surface area contributed by atoms with Crippen LogP contribution in [-0.4, -0.2) is 35.4 Å². The molecule has 6 heteroatoms. The van der Waals surface area contributed by atoms with Gasteiger partial charge in [-0.15, -0.1) is 0 Å². The van der Waals surface area contributed by atoms with Crippen LogP contribution in [-0.2, 0) is 18.9 Å². The summed E-state index contributed by atoms with van der Waals surface area (Å²) in [4.78, 5) is 4.73. The average molecular weight is 357 g/mol. The molecular weight excluding hydrogens is 329 g/mol. The van der Waals surface area contributed by atoms with Gasteiger partial charge in [-0.05, 0) is 49.8 Å². The van der Waals surface area contributed by atoms with E-state index in [9.17, 15) is 4.39 Å². The van der Waals surface area contributed by atoms with E-state index in [2.05, 4.69) is 22.7 Å². The Labute approximate surface area is 154 Å². The highest BCUT2D eigenvalue weighted by Crippen LogP contribution is 2.49. The summed E-state index contributed by atoms with van der Waals surface area (Å²) in [6, 6.07) is 7.09. The van der Waals surface area contributed by atoms with Crippen LogP contribution in [0, 0.1) is 5.82 Å². The number of hydrogen-bond donors (Lipinski definition) is 2. The molecule has 1 aromatic carbocycles. The largest absolute Gasteiger partial charge is 0.357 e. The van der Waals surface area contributed by atoms with Gasteiger partial charge in [0.25, 0.3) is 0 Å². The topological polar surface area (TPSA) is 54.2 Å². The molecule has 1 saturated carbocycles. The molecule has 0 aliphatic heterocycles. The monoisotopic (exact) mass is 357 g/mol. The summed E-state index contributed by atoms with van der Waals surface area (Å²) >= 11 is 0. The van der Waals surface area contributed by atoms with Crippen molar-refractivity contribution in [3.05, 3.63) is 53.6 Å². The van der Waals surface area contributed by atoms with Crippen LogP contribution >= 0.6 is 0 Å². The molecule has 0 spiro atoms. The Morgan fingerprint density at radius 3 is 2.77 bits per heavy atom. The number of hydrogen-bond acceptors (Lipinski definition) is 2. The van der Waals surface area contributed by atoms with Crippen LogP contribution in [0.2, 0.25) is 0 Å². The van der Waals surface area contributed by atoms with E-state index in [0.29, 0.717) is 6.54 Å². The number of aromatic nitrogens is 2. The molecule has 1 aliphatic rings. The zero-order chi connectivity index (χ0) is 18.4. The van der Waals surface area contributed by atoms with E-state index in [1.54, 1.807) is 12.1 Å². The third kappa shape index (κ3) is 4.62.